The molecule has 1 amide bonds. The van der Waals surface area contributed by atoms with Gasteiger partial charge in [0.25, 0.3) is 5.91 Å². The monoisotopic (exact) mass is 327 g/mol. The van der Waals surface area contributed by atoms with Crippen molar-refractivity contribution in [3.63, 3.8) is 0 Å². The third kappa shape index (κ3) is 4.30. The number of carbonyl (C=O) groups excluding carboxylic acids is 1. The van der Waals surface area contributed by atoms with Crippen LogP contribution in [-0.4, -0.2) is 30.0 Å². The number of hydrogen-bond acceptors (Lipinski definition) is 3. The van der Waals surface area contributed by atoms with Gasteiger partial charge in [0.2, 0.25) is 0 Å². The molecule has 4 nitrogen and oxygen atoms in total. The lowest BCUT2D eigenvalue weighted by molar-refractivity contribution is 0.0945. The van der Waals surface area contributed by atoms with Crippen LogP contribution in [-0.2, 0) is 0 Å². The second-order valence-corrected chi connectivity index (χ2v) is 4.89. The molecule has 1 aromatic carbocycles. The van der Waals surface area contributed by atoms with Gasteiger partial charge in [-0.05, 0) is 31.5 Å². The number of carbonyl (C=O) groups is 1. The zero-order valence-electron chi connectivity index (χ0n) is 11.5. The van der Waals surface area contributed by atoms with Crippen LogP contribution in [0.2, 0.25) is 0 Å². The molecule has 1 aliphatic rings. The minimum absolute atomic E-state index is 0. The molecule has 1 aromatic heterocycles. The fourth-order valence-electron chi connectivity index (χ4n) is 2.43. The molecule has 1 fully saturated rings. The molecule has 2 heterocycles. The molecular weight excluding hydrogens is 309 g/mol. The van der Waals surface area contributed by atoms with Crippen molar-refractivity contribution in [2.45, 2.75) is 18.9 Å². The van der Waals surface area contributed by atoms with Crippen LogP contribution in [0.3, 0.4) is 0 Å². The number of nitrogens with one attached hydrogen (secondary N) is 2. The highest BCUT2D eigenvalue weighted by molar-refractivity contribution is 5.94. The summed E-state index contributed by atoms with van der Waals surface area (Å²) in [6.07, 6.45) is 2.32. The fraction of sp³-hybridized carbons (Fsp3) is 0.333. The van der Waals surface area contributed by atoms with E-state index in [4.69, 9.17) is 0 Å². The highest BCUT2D eigenvalue weighted by Gasteiger charge is 2.15. The van der Waals surface area contributed by atoms with E-state index in [0.717, 1.165) is 23.9 Å². The first kappa shape index (κ1) is 17.7. The Morgan fingerprint density at radius 3 is 2.81 bits per heavy atom. The Morgan fingerprint density at radius 2 is 2.05 bits per heavy atom. The van der Waals surface area contributed by atoms with E-state index in [0.29, 0.717) is 18.3 Å². The van der Waals surface area contributed by atoms with Gasteiger partial charge in [0.1, 0.15) is 5.69 Å². The number of para-hydroxylation sites is 1. The third-order valence-electron chi connectivity index (χ3n) is 3.50. The Labute approximate surface area is 136 Å². The number of amides is 1. The van der Waals surface area contributed by atoms with Crippen LogP contribution >= 0.6 is 24.8 Å². The summed E-state index contributed by atoms with van der Waals surface area (Å²) in [5.74, 6) is -0.0977. The van der Waals surface area contributed by atoms with Gasteiger partial charge in [-0.25, -0.2) is 4.98 Å². The van der Waals surface area contributed by atoms with Crippen molar-refractivity contribution in [3.8, 4) is 0 Å². The summed E-state index contributed by atoms with van der Waals surface area (Å²) in [5, 5.41) is 7.35. The number of aromatic nitrogens is 1. The number of rotatable bonds is 3. The maximum absolute atomic E-state index is 12.0. The average Bonchev–Trinajstić information content (AvgIpc) is 2.97. The molecule has 3 rings (SSSR count). The van der Waals surface area contributed by atoms with Gasteiger partial charge in [-0.15, -0.1) is 24.8 Å². The van der Waals surface area contributed by atoms with E-state index < -0.39 is 0 Å². The van der Waals surface area contributed by atoms with Crippen molar-refractivity contribution < 1.29 is 4.79 Å². The summed E-state index contributed by atoms with van der Waals surface area (Å²) in [5.41, 5.74) is 1.34. The van der Waals surface area contributed by atoms with Crippen LogP contribution in [0.5, 0.6) is 0 Å². The third-order valence-corrected chi connectivity index (χ3v) is 3.50. The number of halogens is 2. The molecule has 21 heavy (non-hydrogen) atoms. The minimum Gasteiger partial charge on any atom is -0.349 e. The molecule has 0 aliphatic carbocycles. The largest absolute Gasteiger partial charge is 0.349 e. The van der Waals surface area contributed by atoms with E-state index in [1.807, 2.05) is 30.3 Å². The molecular formula is C15H19Cl2N3O. The van der Waals surface area contributed by atoms with Gasteiger partial charge < -0.3 is 10.6 Å². The summed E-state index contributed by atoms with van der Waals surface area (Å²) < 4.78 is 0. The summed E-state index contributed by atoms with van der Waals surface area (Å²) in [4.78, 5) is 16.4. The molecule has 114 valence electrons. The second-order valence-electron chi connectivity index (χ2n) is 4.89. The van der Waals surface area contributed by atoms with Crippen molar-refractivity contribution in [2.24, 2.45) is 0 Å². The number of pyridine rings is 1. The Morgan fingerprint density at radius 1 is 1.24 bits per heavy atom. The van der Waals surface area contributed by atoms with Gasteiger partial charge in [0.05, 0.1) is 5.52 Å². The van der Waals surface area contributed by atoms with Gasteiger partial charge >= 0.3 is 0 Å². The van der Waals surface area contributed by atoms with E-state index in [1.54, 1.807) is 6.07 Å². The van der Waals surface area contributed by atoms with Crippen LogP contribution in [0.1, 0.15) is 23.3 Å². The van der Waals surface area contributed by atoms with E-state index in [9.17, 15) is 4.79 Å². The lowest BCUT2D eigenvalue weighted by atomic mass is 10.2. The quantitative estimate of drug-likeness (QED) is 0.910. The summed E-state index contributed by atoms with van der Waals surface area (Å²) >= 11 is 0. The average molecular weight is 328 g/mol. The molecule has 0 saturated carbocycles. The number of hydrogen-bond donors (Lipinski definition) is 2. The van der Waals surface area contributed by atoms with Crippen molar-refractivity contribution >= 4 is 41.6 Å². The van der Waals surface area contributed by atoms with Crippen LogP contribution in [0.4, 0.5) is 0 Å². The summed E-state index contributed by atoms with van der Waals surface area (Å²) in [7, 11) is 0. The van der Waals surface area contributed by atoms with Gasteiger partial charge in [0, 0.05) is 18.0 Å². The minimum atomic E-state index is -0.0977. The molecule has 1 unspecified atom stereocenters. The highest BCUT2D eigenvalue weighted by atomic mass is 35.5. The first-order valence-electron chi connectivity index (χ1n) is 6.70. The first-order chi connectivity index (χ1) is 9.33. The lowest BCUT2D eigenvalue weighted by Crippen LogP contribution is -2.37. The number of benzene rings is 1. The van der Waals surface area contributed by atoms with Crippen LogP contribution in [0.25, 0.3) is 10.9 Å². The van der Waals surface area contributed by atoms with Crippen LogP contribution in [0, 0.1) is 0 Å². The SMILES string of the molecule is Cl.Cl.O=C(NCC1CCCN1)c1ccc2ccccc2n1. The molecule has 0 bridgehead atoms. The molecule has 2 N–H and O–H groups in total. The standard InChI is InChI=1S/C15H17N3O.2ClH/c19-15(17-10-12-5-3-9-16-12)14-8-7-11-4-1-2-6-13(11)18-14;;/h1-2,4,6-8,12,16H,3,5,9-10H2,(H,17,19);2*1H. The van der Waals surface area contributed by atoms with Gasteiger partial charge in [0.15, 0.2) is 0 Å². The number of nitrogens with zero attached hydrogens (tertiary/aromatic N) is 1. The fourth-order valence-corrected chi connectivity index (χ4v) is 2.43. The maximum atomic E-state index is 12.0. The predicted molar refractivity (Wildman–Crippen MR) is 89.6 cm³/mol. The molecule has 6 heteroatoms. The van der Waals surface area contributed by atoms with Crippen molar-refractivity contribution in [1.82, 2.24) is 15.6 Å². The van der Waals surface area contributed by atoms with Gasteiger partial charge in [-0.2, -0.15) is 0 Å². The Hall–Kier alpha value is -1.36. The summed E-state index contributed by atoms with van der Waals surface area (Å²) in [6.45, 7) is 1.72. The zero-order valence-corrected chi connectivity index (χ0v) is 13.2. The van der Waals surface area contributed by atoms with Crippen LogP contribution < -0.4 is 10.6 Å². The van der Waals surface area contributed by atoms with Gasteiger partial charge in [-0.3, -0.25) is 4.79 Å². The van der Waals surface area contributed by atoms with Crippen LogP contribution in [0.15, 0.2) is 36.4 Å². The Bertz CT molecular complexity index is 600. The van der Waals surface area contributed by atoms with E-state index >= 15 is 0 Å². The number of fused-ring (bicyclic) bond motifs is 1. The molecule has 2 aromatic rings. The van der Waals surface area contributed by atoms with Gasteiger partial charge in [-0.1, -0.05) is 24.3 Å². The Kier molecular flexibility index (Phi) is 6.89. The molecule has 1 saturated heterocycles. The first-order valence-corrected chi connectivity index (χ1v) is 6.70. The van der Waals surface area contributed by atoms with Crippen molar-refractivity contribution in [3.05, 3.63) is 42.1 Å². The second kappa shape index (κ2) is 8.17. The van der Waals surface area contributed by atoms with E-state index in [2.05, 4.69) is 15.6 Å². The molecule has 0 spiro atoms. The van der Waals surface area contributed by atoms with Crippen molar-refractivity contribution in [2.75, 3.05) is 13.1 Å². The summed E-state index contributed by atoms with van der Waals surface area (Å²) in [6, 6.07) is 11.9. The molecule has 0 radical (unpaired) electrons. The smallest absolute Gasteiger partial charge is 0.269 e. The maximum Gasteiger partial charge on any atom is 0.269 e. The highest BCUT2D eigenvalue weighted by Crippen LogP contribution is 2.11. The lowest BCUT2D eigenvalue weighted by Gasteiger charge is -2.11. The molecule has 1 atom stereocenters. The topological polar surface area (TPSA) is 54.0 Å². The van der Waals surface area contributed by atoms with E-state index in [1.165, 1.54) is 6.42 Å². The molecule has 1 aliphatic heterocycles. The normalized spacial score (nSPS) is 16.9. The van der Waals surface area contributed by atoms with Crippen molar-refractivity contribution in [1.29, 1.82) is 0 Å². The van der Waals surface area contributed by atoms with E-state index in [-0.39, 0.29) is 30.7 Å². The zero-order chi connectivity index (χ0) is 13.1. The Balaban J connectivity index is 0.00000110. The predicted octanol–water partition coefficient (Wildman–Crippen LogP) is 2.56.